The molecule has 0 saturated carbocycles. The quantitative estimate of drug-likeness (QED) is 0.648. The fourth-order valence-corrected chi connectivity index (χ4v) is 3.47. The van der Waals surface area contributed by atoms with Crippen molar-refractivity contribution in [3.63, 3.8) is 0 Å². The molecule has 1 amide bonds. The number of carbonyl (C=O) groups excluding carboxylic acids is 1. The fraction of sp³-hybridized carbons (Fsp3) is 0.318. The highest BCUT2D eigenvalue weighted by Crippen LogP contribution is 2.26. The number of halogens is 2. The van der Waals surface area contributed by atoms with Gasteiger partial charge in [-0.1, -0.05) is 6.07 Å². The number of fused-ring (bicyclic) bond motifs is 1. The number of hydrogen-bond acceptors (Lipinski definition) is 6. The average Bonchev–Trinajstić information content (AvgIpc) is 2.79. The minimum Gasteiger partial charge on any atom is -0.439 e. The maximum absolute atomic E-state index is 12.9. The Kier molecular flexibility index (Phi) is 6.34. The summed E-state index contributed by atoms with van der Waals surface area (Å²) in [5.74, 6) is 0.594. The second-order valence-corrected chi connectivity index (χ2v) is 7.24. The van der Waals surface area contributed by atoms with Crippen molar-refractivity contribution in [2.24, 2.45) is 0 Å². The predicted molar refractivity (Wildman–Crippen MR) is 111 cm³/mol. The Balaban J connectivity index is 1.48. The van der Waals surface area contributed by atoms with Gasteiger partial charge in [-0.25, -0.2) is 18.7 Å². The summed E-state index contributed by atoms with van der Waals surface area (Å²) in [6, 6.07) is 11.5. The molecule has 1 aliphatic heterocycles. The number of methoxy groups -OCH3 is 1. The van der Waals surface area contributed by atoms with E-state index in [0.29, 0.717) is 43.2 Å². The first-order valence-electron chi connectivity index (χ1n) is 9.88. The molecular formula is C22H22F2N4O3. The van der Waals surface area contributed by atoms with Crippen LogP contribution in [0.4, 0.5) is 8.78 Å². The van der Waals surface area contributed by atoms with E-state index in [-0.39, 0.29) is 23.4 Å². The third kappa shape index (κ3) is 4.95. The van der Waals surface area contributed by atoms with Crippen molar-refractivity contribution in [3.8, 4) is 11.6 Å². The molecule has 162 valence electrons. The number of alkyl halides is 2. The summed E-state index contributed by atoms with van der Waals surface area (Å²) >= 11 is 0. The molecule has 1 aliphatic rings. The van der Waals surface area contributed by atoms with Gasteiger partial charge in [0.05, 0.1) is 12.1 Å². The molecule has 31 heavy (non-hydrogen) atoms. The van der Waals surface area contributed by atoms with Crippen LogP contribution >= 0.6 is 0 Å². The Morgan fingerprint density at radius 1 is 1.26 bits per heavy atom. The number of piperazine rings is 1. The van der Waals surface area contributed by atoms with Crippen LogP contribution in [0.2, 0.25) is 0 Å². The largest absolute Gasteiger partial charge is 0.439 e. The summed E-state index contributed by atoms with van der Waals surface area (Å²) in [5, 5.41) is 4.11. The summed E-state index contributed by atoms with van der Waals surface area (Å²) in [6.07, 6.45) is -1.48. The summed E-state index contributed by atoms with van der Waals surface area (Å²) in [7, 11) is 1.64. The van der Waals surface area contributed by atoms with Crippen LogP contribution in [0, 0.1) is 0 Å². The number of hydrogen-bond donors (Lipinski definition) is 1. The van der Waals surface area contributed by atoms with E-state index in [2.05, 4.69) is 15.3 Å². The SMILES string of the molecule is COC[C@H]1CN(C(=O)c2ccc3cc(Oc4ccc(C(F)F)cn4)ccc3n2)CCN1. The number of carbonyl (C=O) groups is 1. The van der Waals surface area contributed by atoms with Crippen LogP contribution in [0.25, 0.3) is 10.9 Å². The van der Waals surface area contributed by atoms with E-state index < -0.39 is 6.43 Å². The van der Waals surface area contributed by atoms with Gasteiger partial charge in [0.25, 0.3) is 12.3 Å². The average molecular weight is 428 g/mol. The van der Waals surface area contributed by atoms with Crippen molar-refractivity contribution >= 4 is 16.8 Å². The van der Waals surface area contributed by atoms with Crippen molar-refractivity contribution in [1.82, 2.24) is 20.2 Å². The summed E-state index contributed by atoms with van der Waals surface area (Å²) in [6.45, 7) is 2.43. The van der Waals surface area contributed by atoms with Gasteiger partial charge in [-0.05, 0) is 30.3 Å². The first-order chi connectivity index (χ1) is 15.0. The molecule has 3 aromatic rings. The van der Waals surface area contributed by atoms with Crippen molar-refractivity contribution < 1.29 is 23.0 Å². The molecule has 1 N–H and O–H groups in total. The smallest absolute Gasteiger partial charge is 0.272 e. The summed E-state index contributed by atoms with van der Waals surface area (Å²) in [4.78, 5) is 23.1. The van der Waals surface area contributed by atoms with Crippen LogP contribution in [-0.4, -0.2) is 60.2 Å². The number of nitrogens with zero attached hydrogens (tertiary/aromatic N) is 3. The minimum absolute atomic E-state index is 0.103. The normalized spacial score (nSPS) is 16.6. The van der Waals surface area contributed by atoms with E-state index in [1.54, 1.807) is 36.3 Å². The van der Waals surface area contributed by atoms with Crippen molar-refractivity contribution in [1.29, 1.82) is 0 Å². The minimum atomic E-state index is -2.57. The second-order valence-electron chi connectivity index (χ2n) is 7.24. The highest BCUT2D eigenvalue weighted by atomic mass is 19.3. The van der Waals surface area contributed by atoms with Crippen molar-refractivity contribution in [2.45, 2.75) is 12.5 Å². The number of nitrogens with one attached hydrogen (secondary N) is 1. The van der Waals surface area contributed by atoms with Gasteiger partial charge < -0.3 is 19.7 Å². The number of ether oxygens (including phenoxy) is 2. The highest BCUT2D eigenvalue weighted by Gasteiger charge is 2.24. The van der Waals surface area contributed by atoms with Crippen molar-refractivity contribution in [2.75, 3.05) is 33.4 Å². The molecule has 1 atom stereocenters. The lowest BCUT2D eigenvalue weighted by Crippen LogP contribution is -2.54. The standard InChI is InChI=1S/C22H22F2N4O3/c1-30-13-16-12-28(9-8-25-16)22(29)19-5-2-14-10-17(4-6-18(14)27-19)31-20-7-3-15(11-26-20)21(23)24/h2-7,10-11,16,21,25H,8-9,12-13H2,1H3/t16-/m1/s1. The molecule has 4 rings (SSSR count). The van der Waals surface area contributed by atoms with Gasteiger partial charge in [-0.3, -0.25) is 4.79 Å². The van der Waals surface area contributed by atoms with Crippen LogP contribution < -0.4 is 10.1 Å². The van der Waals surface area contributed by atoms with E-state index >= 15 is 0 Å². The van der Waals surface area contributed by atoms with E-state index in [0.717, 1.165) is 11.6 Å². The Morgan fingerprint density at radius 3 is 2.87 bits per heavy atom. The molecular weight excluding hydrogens is 406 g/mol. The lowest BCUT2D eigenvalue weighted by molar-refractivity contribution is 0.0637. The zero-order chi connectivity index (χ0) is 21.8. The maximum Gasteiger partial charge on any atom is 0.272 e. The molecule has 0 spiro atoms. The Bertz CT molecular complexity index is 1060. The molecule has 2 aromatic heterocycles. The molecule has 7 nitrogen and oxygen atoms in total. The number of aromatic nitrogens is 2. The van der Waals surface area contributed by atoms with Gasteiger partial charge in [-0.2, -0.15) is 0 Å². The molecule has 0 radical (unpaired) electrons. The van der Waals surface area contributed by atoms with Gasteiger partial charge in [0.2, 0.25) is 5.88 Å². The predicted octanol–water partition coefficient (Wildman–Crippen LogP) is 3.42. The van der Waals surface area contributed by atoms with Crippen LogP contribution in [0.5, 0.6) is 11.6 Å². The number of benzene rings is 1. The number of amides is 1. The zero-order valence-corrected chi connectivity index (χ0v) is 16.9. The topological polar surface area (TPSA) is 76.6 Å². The third-order valence-electron chi connectivity index (χ3n) is 5.02. The van der Waals surface area contributed by atoms with Crippen LogP contribution in [0.15, 0.2) is 48.7 Å². The maximum atomic E-state index is 12.9. The van der Waals surface area contributed by atoms with Crippen LogP contribution in [0.3, 0.4) is 0 Å². The van der Waals surface area contributed by atoms with E-state index in [1.807, 2.05) is 6.07 Å². The number of rotatable bonds is 6. The third-order valence-corrected chi connectivity index (χ3v) is 5.02. The van der Waals surface area contributed by atoms with E-state index in [9.17, 15) is 13.6 Å². The van der Waals surface area contributed by atoms with Gasteiger partial charge in [-0.15, -0.1) is 0 Å². The van der Waals surface area contributed by atoms with Gasteiger partial charge in [0.1, 0.15) is 11.4 Å². The summed E-state index contributed by atoms with van der Waals surface area (Å²) in [5.41, 5.74) is 0.872. The zero-order valence-electron chi connectivity index (χ0n) is 16.9. The molecule has 0 bridgehead atoms. The highest BCUT2D eigenvalue weighted by molar-refractivity contribution is 5.95. The lowest BCUT2D eigenvalue weighted by atomic mass is 10.1. The van der Waals surface area contributed by atoms with Gasteiger partial charge in [0, 0.05) is 56.0 Å². The Morgan fingerprint density at radius 2 is 2.13 bits per heavy atom. The second kappa shape index (κ2) is 9.32. The molecule has 0 unspecified atom stereocenters. The Hall–Kier alpha value is -3.17. The fourth-order valence-electron chi connectivity index (χ4n) is 3.47. The van der Waals surface area contributed by atoms with E-state index in [1.165, 1.54) is 12.1 Å². The monoisotopic (exact) mass is 428 g/mol. The van der Waals surface area contributed by atoms with Crippen molar-refractivity contribution in [3.05, 3.63) is 59.9 Å². The van der Waals surface area contributed by atoms with Gasteiger partial charge >= 0.3 is 0 Å². The number of pyridine rings is 2. The molecule has 1 aromatic carbocycles. The molecule has 3 heterocycles. The lowest BCUT2D eigenvalue weighted by Gasteiger charge is -2.33. The van der Waals surface area contributed by atoms with Crippen LogP contribution in [-0.2, 0) is 4.74 Å². The molecule has 0 aliphatic carbocycles. The van der Waals surface area contributed by atoms with Gasteiger partial charge in [0.15, 0.2) is 0 Å². The molecule has 1 saturated heterocycles. The van der Waals surface area contributed by atoms with Crippen LogP contribution in [0.1, 0.15) is 22.5 Å². The molecule has 1 fully saturated rings. The first kappa shape index (κ1) is 21.1. The first-order valence-corrected chi connectivity index (χ1v) is 9.88. The van der Waals surface area contributed by atoms with E-state index in [4.69, 9.17) is 9.47 Å². The molecule has 9 heteroatoms. The summed E-state index contributed by atoms with van der Waals surface area (Å²) < 4.78 is 36.1. The Labute approximate surface area is 178 Å².